The zero-order valence-electron chi connectivity index (χ0n) is 15.6. The van der Waals surface area contributed by atoms with Crippen LogP contribution in [-0.4, -0.2) is 62.6 Å². The smallest absolute Gasteiger partial charge is 0.308 e. The van der Waals surface area contributed by atoms with Crippen molar-refractivity contribution in [2.24, 2.45) is 16.3 Å². The normalized spacial score (nSPS) is 16.7. The molecule has 1 rings (SSSR count). The molecule has 1 aliphatic heterocycles. The van der Waals surface area contributed by atoms with Crippen LogP contribution in [0.4, 0.5) is 0 Å². The van der Waals surface area contributed by atoms with E-state index in [9.17, 15) is 9.59 Å². The Morgan fingerprint density at radius 2 is 1.83 bits per heavy atom. The van der Waals surface area contributed by atoms with Crippen molar-refractivity contribution in [2.45, 2.75) is 40.5 Å². The summed E-state index contributed by atoms with van der Waals surface area (Å²) in [7, 11) is 1.44. The van der Waals surface area contributed by atoms with Crippen LogP contribution in [0.15, 0.2) is 4.99 Å². The number of nitrogens with zero attached hydrogens (tertiary/aromatic N) is 2. The highest BCUT2D eigenvalue weighted by atomic mass is 16.5. The van der Waals surface area contributed by atoms with Gasteiger partial charge in [0, 0.05) is 31.6 Å². The first-order valence-corrected chi connectivity index (χ1v) is 8.69. The van der Waals surface area contributed by atoms with Crippen LogP contribution in [0.1, 0.15) is 40.5 Å². The zero-order valence-corrected chi connectivity index (χ0v) is 15.6. The molecule has 2 N–H and O–H groups in total. The summed E-state index contributed by atoms with van der Waals surface area (Å²) in [6.07, 6.45) is 1.55. The minimum Gasteiger partial charge on any atom is -0.469 e. The highest BCUT2D eigenvalue weighted by Gasteiger charge is 2.27. The zero-order chi connectivity index (χ0) is 18.2. The molecule has 1 aliphatic rings. The molecule has 1 saturated heterocycles. The van der Waals surface area contributed by atoms with Crippen molar-refractivity contribution in [3.8, 4) is 0 Å². The molecule has 0 saturated carbocycles. The van der Waals surface area contributed by atoms with Crippen molar-refractivity contribution in [1.82, 2.24) is 15.5 Å². The van der Waals surface area contributed by atoms with Gasteiger partial charge in [-0.3, -0.25) is 14.6 Å². The van der Waals surface area contributed by atoms with Gasteiger partial charge in [0.25, 0.3) is 0 Å². The van der Waals surface area contributed by atoms with Crippen molar-refractivity contribution in [2.75, 3.05) is 39.8 Å². The second-order valence-corrected chi connectivity index (χ2v) is 7.03. The fourth-order valence-corrected chi connectivity index (χ4v) is 2.52. The topological polar surface area (TPSA) is 83.0 Å². The Bertz CT molecular complexity index is 449. The van der Waals surface area contributed by atoms with Gasteiger partial charge in [-0.2, -0.15) is 0 Å². The number of piperidine rings is 1. The Hall–Kier alpha value is -1.79. The van der Waals surface area contributed by atoms with Crippen molar-refractivity contribution < 1.29 is 14.3 Å². The van der Waals surface area contributed by atoms with E-state index < -0.39 is 0 Å². The number of guanidine groups is 1. The number of carbonyl (C=O) groups is 2. The molecule has 138 valence electrons. The first kappa shape index (κ1) is 20.3. The van der Waals surface area contributed by atoms with Gasteiger partial charge in [0.2, 0.25) is 5.91 Å². The van der Waals surface area contributed by atoms with Crippen LogP contribution < -0.4 is 10.6 Å². The largest absolute Gasteiger partial charge is 0.469 e. The number of hydrogen-bond acceptors (Lipinski definition) is 4. The van der Waals surface area contributed by atoms with E-state index in [0.29, 0.717) is 13.1 Å². The molecule has 0 aromatic carbocycles. The number of methoxy groups -OCH3 is 1. The molecule has 0 bridgehead atoms. The van der Waals surface area contributed by atoms with E-state index >= 15 is 0 Å². The number of amides is 1. The number of hydrogen-bond donors (Lipinski definition) is 2. The molecule has 0 aromatic rings. The lowest BCUT2D eigenvalue weighted by molar-refractivity contribution is -0.146. The number of nitrogens with one attached hydrogen (secondary N) is 2. The minimum absolute atomic E-state index is 0.0137. The van der Waals surface area contributed by atoms with E-state index in [4.69, 9.17) is 4.74 Å². The lowest BCUT2D eigenvalue weighted by atomic mass is 9.96. The van der Waals surface area contributed by atoms with Gasteiger partial charge in [-0.25, -0.2) is 0 Å². The lowest BCUT2D eigenvalue weighted by Gasteiger charge is -2.33. The Morgan fingerprint density at radius 1 is 1.21 bits per heavy atom. The average molecular weight is 340 g/mol. The summed E-state index contributed by atoms with van der Waals surface area (Å²) in [5.74, 6) is 0.731. The Kier molecular flexibility index (Phi) is 8.01. The van der Waals surface area contributed by atoms with Crippen LogP contribution >= 0.6 is 0 Å². The molecular formula is C17H32N4O3. The van der Waals surface area contributed by atoms with Gasteiger partial charge in [0.1, 0.15) is 0 Å². The van der Waals surface area contributed by atoms with Gasteiger partial charge in [0.15, 0.2) is 5.96 Å². The predicted octanol–water partition coefficient (Wildman–Crippen LogP) is 0.999. The molecule has 0 atom stereocenters. The Morgan fingerprint density at radius 3 is 2.33 bits per heavy atom. The molecule has 0 spiro atoms. The van der Waals surface area contributed by atoms with Crippen molar-refractivity contribution in [3.63, 3.8) is 0 Å². The van der Waals surface area contributed by atoms with E-state index in [1.165, 1.54) is 7.11 Å². The SMILES string of the molecule is CCNC(=NCCNC(=O)C(C)(C)C)N1CCC(C(=O)OC)CC1. The highest BCUT2D eigenvalue weighted by Crippen LogP contribution is 2.18. The fourth-order valence-electron chi connectivity index (χ4n) is 2.52. The van der Waals surface area contributed by atoms with Crippen LogP contribution in [0.25, 0.3) is 0 Å². The summed E-state index contributed by atoms with van der Waals surface area (Å²) in [5, 5.41) is 6.17. The van der Waals surface area contributed by atoms with Gasteiger partial charge in [-0.05, 0) is 19.8 Å². The second kappa shape index (κ2) is 9.49. The third-order valence-electron chi connectivity index (χ3n) is 4.00. The number of carbonyl (C=O) groups excluding carboxylic acids is 2. The maximum atomic E-state index is 11.8. The van der Waals surface area contributed by atoms with Crippen LogP contribution in [0, 0.1) is 11.3 Å². The van der Waals surface area contributed by atoms with Gasteiger partial charge >= 0.3 is 5.97 Å². The quantitative estimate of drug-likeness (QED) is 0.338. The fraction of sp³-hybridized carbons (Fsp3) is 0.824. The van der Waals surface area contributed by atoms with Crippen molar-refractivity contribution >= 4 is 17.8 Å². The predicted molar refractivity (Wildman–Crippen MR) is 94.8 cm³/mol. The van der Waals surface area contributed by atoms with Gasteiger partial charge in [0.05, 0.1) is 19.6 Å². The summed E-state index contributed by atoms with van der Waals surface area (Å²) in [4.78, 5) is 30.2. The van der Waals surface area contributed by atoms with Crippen molar-refractivity contribution in [3.05, 3.63) is 0 Å². The van der Waals surface area contributed by atoms with E-state index in [0.717, 1.165) is 38.4 Å². The van der Waals surface area contributed by atoms with Crippen molar-refractivity contribution in [1.29, 1.82) is 0 Å². The maximum absolute atomic E-state index is 11.8. The highest BCUT2D eigenvalue weighted by molar-refractivity contribution is 5.82. The number of aliphatic imine (C=N–C) groups is 1. The molecule has 0 unspecified atom stereocenters. The molecule has 7 nitrogen and oxygen atoms in total. The number of esters is 1. The number of ether oxygens (including phenoxy) is 1. The summed E-state index contributed by atoms with van der Waals surface area (Å²) < 4.78 is 4.82. The minimum atomic E-state index is -0.385. The summed E-state index contributed by atoms with van der Waals surface area (Å²) in [6.45, 7) is 11.1. The first-order chi connectivity index (χ1) is 11.3. The summed E-state index contributed by atoms with van der Waals surface area (Å²) in [5.41, 5.74) is -0.385. The van der Waals surface area contributed by atoms with Crippen LogP contribution in [0.3, 0.4) is 0 Å². The van der Waals surface area contributed by atoms with E-state index in [1.807, 2.05) is 27.7 Å². The maximum Gasteiger partial charge on any atom is 0.308 e. The number of rotatable bonds is 5. The third kappa shape index (κ3) is 6.37. The Labute approximate surface area is 145 Å². The van der Waals surface area contributed by atoms with Crippen LogP contribution in [0.5, 0.6) is 0 Å². The van der Waals surface area contributed by atoms with E-state index in [1.54, 1.807) is 0 Å². The number of likely N-dealkylation sites (tertiary alicyclic amines) is 1. The van der Waals surface area contributed by atoms with E-state index in [-0.39, 0.29) is 23.2 Å². The van der Waals surface area contributed by atoms with Gasteiger partial charge in [-0.1, -0.05) is 20.8 Å². The van der Waals surface area contributed by atoms with Crippen LogP contribution in [-0.2, 0) is 14.3 Å². The second-order valence-electron chi connectivity index (χ2n) is 7.03. The van der Waals surface area contributed by atoms with Gasteiger partial charge < -0.3 is 20.3 Å². The molecule has 1 heterocycles. The molecule has 0 aliphatic carbocycles. The third-order valence-corrected chi connectivity index (χ3v) is 4.00. The molecule has 7 heteroatoms. The standard InChI is InChI=1S/C17H32N4O3/c1-6-18-16(20-10-9-19-15(23)17(2,3)4)21-11-7-13(8-12-21)14(22)24-5/h13H,6-12H2,1-5H3,(H,18,20)(H,19,23). The van der Waals surface area contributed by atoms with Crippen LogP contribution in [0.2, 0.25) is 0 Å². The summed E-state index contributed by atoms with van der Waals surface area (Å²) >= 11 is 0. The monoisotopic (exact) mass is 340 g/mol. The van der Waals surface area contributed by atoms with E-state index in [2.05, 4.69) is 20.5 Å². The molecule has 0 radical (unpaired) electrons. The van der Waals surface area contributed by atoms with Gasteiger partial charge in [-0.15, -0.1) is 0 Å². The lowest BCUT2D eigenvalue weighted by Crippen LogP contribution is -2.47. The molecule has 0 aromatic heterocycles. The summed E-state index contributed by atoms with van der Waals surface area (Å²) in [6, 6.07) is 0. The molecule has 1 amide bonds. The molecular weight excluding hydrogens is 308 g/mol. The molecule has 1 fully saturated rings. The molecule has 24 heavy (non-hydrogen) atoms. The average Bonchev–Trinajstić information content (AvgIpc) is 2.56. The Balaban J connectivity index is 2.49. The first-order valence-electron chi connectivity index (χ1n) is 8.69.